The van der Waals surface area contributed by atoms with E-state index in [2.05, 4.69) is 42.5 Å². The van der Waals surface area contributed by atoms with Crippen LogP contribution in [0.2, 0.25) is 0 Å². The molecule has 1 atom stereocenters. The van der Waals surface area contributed by atoms with Crippen molar-refractivity contribution in [3.05, 3.63) is 56.2 Å². The molecular weight excluding hydrogens is 403 g/mol. The van der Waals surface area contributed by atoms with Gasteiger partial charge in [-0.3, -0.25) is 4.79 Å². The molecule has 0 radical (unpaired) electrons. The molecule has 6 heteroatoms. The molecule has 2 aromatic carbocycles. The number of aryl methyl sites for hydroxylation is 1. The molecule has 1 heterocycles. The first-order chi connectivity index (χ1) is 9.95. The molecule has 2 aromatic rings. The van der Waals surface area contributed by atoms with Crippen LogP contribution >= 0.6 is 31.9 Å². The maximum atomic E-state index is 13.4. The van der Waals surface area contributed by atoms with Gasteiger partial charge in [0, 0.05) is 20.2 Å². The highest BCUT2D eigenvalue weighted by atomic mass is 79.9. The first kappa shape index (κ1) is 14.5. The fourth-order valence-corrected chi connectivity index (χ4v) is 4.00. The van der Waals surface area contributed by atoms with E-state index in [1.807, 2.05) is 19.1 Å². The van der Waals surface area contributed by atoms with Crippen molar-refractivity contribution < 1.29 is 9.18 Å². The van der Waals surface area contributed by atoms with E-state index in [1.54, 1.807) is 6.07 Å². The largest absolute Gasteiger partial charge is 0.368 e. The minimum atomic E-state index is -0.619. The number of amides is 1. The standard InChI is InChI=1S/C15H11Br2FN2O/c1-7-4-10(16)14(11(17)5-7)20-13-9-6-8(18)2-3-12(9)19-15(13)21/h2-6,13,20H,1H3,(H,19,21). The Morgan fingerprint density at radius 2 is 1.86 bits per heavy atom. The third kappa shape index (κ3) is 2.70. The predicted molar refractivity (Wildman–Crippen MR) is 88.0 cm³/mol. The topological polar surface area (TPSA) is 41.1 Å². The number of fused-ring (bicyclic) bond motifs is 1. The smallest absolute Gasteiger partial charge is 0.251 e. The van der Waals surface area contributed by atoms with Gasteiger partial charge in [0.2, 0.25) is 0 Å². The number of hydrogen-bond acceptors (Lipinski definition) is 2. The summed E-state index contributed by atoms with van der Waals surface area (Å²) in [6.07, 6.45) is 0. The second-order valence-corrected chi connectivity index (χ2v) is 6.61. The van der Waals surface area contributed by atoms with Crippen LogP contribution in [-0.4, -0.2) is 5.91 Å². The van der Waals surface area contributed by atoms with Crippen molar-refractivity contribution in [2.45, 2.75) is 13.0 Å². The number of benzene rings is 2. The van der Waals surface area contributed by atoms with Crippen LogP contribution in [0.4, 0.5) is 15.8 Å². The highest BCUT2D eigenvalue weighted by Crippen LogP contribution is 2.39. The number of nitrogens with one attached hydrogen (secondary N) is 2. The summed E-state index contributed by atoms with van der Waals surface area (Å²) in [4.78, 5) is 12.1. The first-order valence-corrected chi connectivity index (χ1v) is 7.87. The molecule has 1 aliphatic rings. The summed E-state index contributed by atoms with van der Waals surface area (Å²) in [5.74, 6) is -0.561. The summed E-state index contributed by atoms with van der Waals surface area (Å²) >= 11 is 6.96. The van der Waals surface area contributed by atoms with Gasteiger partial charge in [-0.2, -0.15) is 0 Å². The Labute approximate surface area is 138 Å². The maximum absolute atomic E-state index is 13.4. The Hall–Kier alpha value is -1.40. The van der Waals surface area contributed by atoms with E-state index in [-0.39, 0.29) is 11.7 Å². The number of rotatable bonds is 2. The summed E-state index contributed by atoms with van der Waals surface area (Å²) in [7, 11) is 0. The fraction of sp³-hybridized carbons (Fsp3) is 0.133. The molecule has 3 rings (SSSR count). The van der Waals surface area contributed by atoms with E-state index < -0.39 is 6.04 Å². The zero-order valence-corrected chi connectivity index (χ0v) is 14.2. The molecule has 0 saturated heterocycles. The van der Waals surface area contributed by atoms with Gasteiger partial charge in [0.25, 0.3) is 5.91 Å². The zero-order valence-electron chi connectivity index (χ0n) is 11.0. The van der Waals surface area contributed by atoms with E-state index in [4.69, 9.17) is 0 Å². The van der Waals surface area contributed by atoms with Gasteiger partial charge in [-0.15, -0.1) is 0 Å². The second-order valence-electron chi connectivity index (χ2n) is 4.90. The summed E-state index contributed by atoms with van der Waals surface area (Å²) in [5, 5.41) is 5.91. The van der Waals surface area contributed by atoms with E-state index in [1.165, 1.54) is 12.1 Å². The van der Waals surface area contributed by atoms with Crippen molar-refractivity contribution >= 4 is 49.1 Å². The first-order valence-electron chi connectivity index (χ1n) is 6.28. The SMILES string of the molecule is Cc1cc(Br)c(NC2C(=O)Nc3ccc(F)cc32)c(Br)c1. The van der Waals surface area contributed by atoms with E-state index in [0.29, 0.717) is 11.3 Å². The van der Waals surface area contributed by atoms with Gasteiger partial charge < -0.3 is 10.6 Å². The molecule has 108 valence electrons. The van der Waals surface area contributed by atoms with Gasteiger partial charge in [-0.05, 0) is 74.7 Å². The molecule has 0 saturated carbocycles. The lowest BCUT2D eigenvalue weighted by molar-refractivity contribution is -0.116. The minimum absolute atomic E-state index is 0.199. The number of carbonyl (C=O) groups excluding carboxylic acids is 1. The van der Waals surface area contributed by atoms with Crippen LogP contribution in [-0.2, 0) is 4.79 Å². The third-order valence-electron chi connectivity index (χ3n) is 3.32. The van der Waals surface area contributed by atoms with Crippen molar-refractivity contribution in [2.75, 3.05) is 10.6 Å². The quantitative estimate of drug-likeness (QED) is 0.744. The Balaban J connectivity index is 2.00. The Kier molecular flexibility index (Phi) is 3.75. The van der Waals surface area contributed by atoms with Crippen LogP contribution in [0.15, 0.2) is 39.3 Å². The third-order valence-corrected chi connectivity index (χ3v) is 4.57. The summed E-state index contributed by atoms with van der Waals surface area (Å²) in [6, 6.07) is 7.56. The lowest BCUT2D eigenvalue weighted by atomic mass is 10.1. The van der Waals surface area contributed by atoms with Crippen molar-refractivity contribution in [3.8, 4) is 0 Å². The molecule has 0 fully saturated rings. The normalized spacial score (nSPS) is 16.6. The van der Waals surface area contributed by atoms with Crippen molar-refractivity contribution in [2.24, 2.45) is 0 Å². The molecule has 0 bridgehead atoms. The molecule has 2 N–H and O–H groups in total. The van der Waals surface area contributed by atoms with E-state index in [9.17, 15) is 9.18 Å². The highest BCUT2D eigenvalue weighted by molar-refractivity contribution is 9.11. The fourth-order valence-electron chi connectivity index (χ4n) is 2.36. The maximum Gasteiger partial charge on any atom is 0.251 e. The highest BCUT2D eigenvalue weighted by Gasteiger charge is 2.31. The Bertz CT molecular complexity index is 725. The number of hydrogen-bond donors (Lipinski definition) is 2. The molecule has 0 spiro atoms. The van der Waals surface area contributed by atoms with E-state index >= 15 is 0 Å². The van der Waals surface area contributed by atoms with Crippen LogP contribution in [0.3, 0.4) is 0 Å². The van der Waals surface area contributed by atoms with Gasteiger partial charge in [0.1, 0.15) is 11.9 Å². The average molecular weight is 414 g/mol. The van der Waals surface area contributed by atoms with Gasteiger partial charge in [0.05, 0.1) is 5.69 Å². The monoisotopic (exact) mass is 412 g/mol. The second kappa shape index (κ2) is 5.42. The van der Waals surface area contributed by atoms with Crippen molar-refractivity contribution in [3.63, 3.8) is 0 Å². The molecule has 0 aromatic heterocycles. The predicted octanol–water partition coefficient (Wildman–Crippen LogP) is 4.76. The van der Waals surface area contributed by atoms with Crippen LogP contribution in [0.25, 0.3) is 0 Å². The van der Waals surface area contributed by atoms with Gasteiger partial charge in [0.15, 0.2) is 0 Å². The number of anilines is 2. The van der Waals surface area contributed by atoms with E-state index in [0.717, 1.165) is 20.2 Å². The summed E-state index contributed by atoms with van der Waals surface area (Å²) < 4.78 is 15.1. The van der Waals surface area contributed by atoms with Crippen LogP contribution < -0.4 is 10.6 Å². The van der Waals surface area contributed by atoms with Crippen LogP contribution in [0, 0.1) is 12.7 Å². The molecular formula is C15H11Br2FN2O. The van der Waals surface area contributed by atoms with Crippen molar-refractivity contribution in [1.29, 1.82) is 0 Å². The molecule has 0 aliphatic carbocycles. The van der Waals surface area contributed by atoms with Gasteiger partial charge in [-0.1, -0.05) is 0 Å². The molecule has 1 unspecified atom stereocenters. The number of carbonyl (C=O) groups is 1. The number of halogens is 3. The summed E-state index contributed by atoms with van der Waals surface area (Å²) in [6.45, 7) is 1.98. The summed E-state index contributed by atoms with van der Waals surface area (Å²) in [5.41, 5.74) is 3.09. The van der Waals surface area contributed by atoms with Crippen molar-refractivity contribution in [1.82, 2.24) is 0 Å². The lowest BCUT2D eigenvalue weighted by Gasteiger charge is -2.16. The Morgan fingerprint density at radius 3 is 2.52 bits per heavy atom. The van der Waals surface area contributed by atoms with Gasteiger partial charge >= 0.3 is 0 Å². The molecule has 1 aliphatic heterocycles. The molecule has 1 amide bonds. The molecule has 3 nitrogen and oxygen atoms in total. The average Bonchev–Trinajstić information content (AvgIpc) is 2.69. The Morgan fingerprint density at radius 1 is 1.19 bits per heavy atom. The minimum Gasteiger partial charge on any atom is -0.368 e. The van der Waals surface area contributed by atoms with Crippen LogP contribution in [0.5, 0.6) is 0 Å². The lowest BCUT2D eigenvalue weighted by Crippen LogP contribution is -2.20. The van der Waals surface area contributed by atoms with Gasteiger partial charge in [-0.25, -0.2) is 4.39 Å². The van der Waals surface area contributed by atoms with Crippen LogP contribution in [0.1, 0.15) is 17.2 Å². The molecule has 21 heavy (non-hydrogen) atoms. The zero-order chi connectivity index (χ0) is 15.1.